The lowest BCUT2D eigenvalue weighted by molar-refractivity contribution is -0.142. The Morgan fingerprint density at radius 2 is 1.71 bits per heavy atom. The number of carbonyl (C=O) groups is 2. The Bertz CT molecular complexity index is 1110. The highest BCUT2D eigenvalue weighted by Crippen LogP contribution is 2.19. The molecule has 0 radical (unpaired) electrons. The molecule has 0 heterocycles. The number of nitrogens with zero attached hydrogens (tertiary/aromatic N) is 1. The van der Waals surface area contributed by atoms with Crippen molar-refractivity contribution >= 4 is 23.4 Å². The Morgan fingerprint density at radius 1 is 1.00 bits per heavy atom. The van der Waals surface area contributed by atoms with Crippen LogP contribution in [-0.2, 0) is 22.6 Å². The van der Waals surface area contributed by atoms with Crippen molar-refractivity contribution in [3.63, 3.8) is 0 Å². The lowest BCUT2D eigenvalue weighted by Crippen LogP contribution is -2.51. The molecule has 0 aliphatic carbocycles. The van der Waals surface area contributed by atoms with Crippen molar-refractivity contribution in [2.45, 2.75) is 38.8 Å². The van der Waals surface area contributed by atoms with Gasteiger partial charge in [0.25, 0.3) is 5.91 Å². The summed E-state index contributed by atoms with van der Waals surface area (Å²) in [7, 11) is 0. The van der Waals surface area contributed by atoms with Gasteiger partial charge in [-0.15, -0.1) is 0 Å². The molecule has 0 saturated heterocycles. The number of hydrogen-bond donors (Lipinski definition) is 1. The molecule has 3 rings (SSSR count). The highest BCUT2D eigenvalue weighted by atomic mass is 35.5. The van der Waals surface area contributed by atoms with Gasteiger partial charge in [0.2, 0.25) is 5.91 Å². The molecule has 0 bridgehead atoms. The second-order valence-corrected chi connectivity index (χ2v) is 8.66. The summed E-state index contributed by atoms with van der Waals surface area (Å²) in [6.07, 6.45) is 2.10. The third-order valence-corrected chi connectivity index (χ3v) is 5.77. The predicted octanol–water partition coefficient (Wildman–Crippen LogP) is 5.41. The maximum atomic E-state index is 14.1. The van der Waals surface area contributed by atoms with Gasteiger partial charge in [0.15, 0.2) is 18.2 Å². The van der Waals surface area contributed by atoms with Crippen LogP contribution < -0.4 is 10.1 Å². The number of halogens is 2. The highest BCUT2D eigenvalue weighted by Gasteiger charge is 2.30. The third-order valence-electron chi connectivity index (χ3n) is 5.53. The van der Waals surface area contributed by atoms with Crippen LogP contribution in [-0.4, -0.2) is 35.9 Å². The quantitative estimate of drug-likeness (QED) is 0.341. The van der Waals surface area contributed by atoms with E-state index in [-0.39, 0.29) is 18.2 Å². The van der Waals surface area contributed by atoms with Gasteiger partial charge in [-0.3, -0.25) is 9.59 Å². The molecule has 184 valence electrons. The third kappa shape index (κ3) is 8.11. The minimum absolute atomic E-state index is 0.0180. The lowest BCUT2D eigenvalue weighted by atomic mass is 10.0. The first-order valence-electron chi connectivity index (χ1n) is 11.7. The Morgan fingerprint density at radius 3 is 2.43 bits per heavy atom. The normalized spacial score (nSPS) is 11.5. The molecular formula is C28H30ClFN2O3. The number of ether oxygens (including phenoxy) is 1. The zero-order chi connectivity index (χ0) is 25.0. The van der Waals surface area contributed by atoms with Crippen molar-refractivity contribution in [2.75, 3.05) is 13.2 Å². The monoisotopic (exact) mass is 496 g/mol. The maximum absolute atomic E-state index is 14.1. The van der Waals surface area contributed by atoms with Gasteiger partial charge in [0.1, 0.15) is 6.04 Å². The van der Waals surface area contributed by atoms with Crippen LogP contribution in [0.2, 0.25) is 5.02 Å². The fourth-order valence-corrected chi connectivity index (χ4v) is 3.89. The number of carbonyl (C=O) groups excluding carboxylic acids is 2. The zero-order valence-electron chi connectivity index (χ0n) is 19.8. The molecule has 0 saturated carbocycles. The van der Waals surface area contributed by atoms with Crippen molar-refractivity contribution in [1.29, 1.82) is 0 Å². The Kier molecular flexibility index (Phi) is 10.1. The smallest absolute Gasteiger partial charge is 0.261 e. The molecule has 3 aromatic rings. The molecule has 0 aromatic heterocycles. The Labute approximate surface area is 210 Å². The number of benzene rings is 3. The summed E-state index contributed by atoms with van der Waals surface area (Å²) in [6, 6.07) is 21.8. The average molecular weight is 497 g/mol. The molecule has 2 amide bonds. The van der Waals surface area contributed by atoms with Crippen LogP contribution >= 0.6 is 11.6 Å². The number of nitrogens with one attached hydrogen (secondary N) is 1. The average Bonchev–Trinajstić information content (AvgIpc) is 2.86. The summed E-state index contributed by atoms with van der Waals surface area (Å²) in [5, 5.41) is 3.49. The van der Waals surface area contributed by atoms with E-state index >= 15 is 0 Å². The summed E-state index contributed by atoms with van der Waals surface area (Å²) < 4.78 is 19.5. The minimum Gasteiger partial charge on any atom is -0.481 e. The molecule has 7 heteroatoms. The molecule has 1 unspecified atom stereocenters. The van der Waals surface area contributed by atoms with E-state index in [0.717, 1.165) is 24.0 Å². The van der Waals surface area contributed by atoms with E-state index in [1.54, 1.807) is 30.3 Å². The van der Waals surface area contributed by atoms with Gasteiger partial charge in [-0.05, 0) is 41.8 Å². The topological polar surface area (TPSA) is 58.6 Å². The Hall–Kier alpha value is -3.38. The molecule has 35 heavy (non-hydrogen) atoms. The lowest BCUT2D eigenvalue weighted by Gasteiger charge is -2.31. The SMILES string of the molecule is CCCCNC(=O)C(Cc1ccccc1)N(Cc1cccc(Cl)c1)C(=O)COc1ccccc1F. The number of amides is 2. The van der Waals surface area contributed by atoms with Crippen LogP contribution in [0, 0.1) is 5.82 Å². The van der Waals surface area contributed by atoms with Gasteiger partial charge in [-0.2, -0.15) is 0 Å². The molecule has 3 aromatic carbocycles. The Balaban J connectivity index is 1.89. The fourth-order valence-electron chi connectivity index (χ4n) is 3.68. The van der Waals surface area contributed by atoms with Crippen molar-refractivity contribution in [3.8, 4) is 5.75 Å². The van der Waals surface area contributed by atoms with Crippen LogP contribution in [0.5, 0.6) is 5.75 Å². The summed E-state index contributed by atoms with van der Waals surface area (Å²) in [5.74, 6) is -1.25. The number of unbranched alkanes of at least 4 members (excludes halogenated alkanes) is 1. The van der Waals surface area contributed by atoms with Crippen LogP contribution in [0.1, 0.15) is 30.9 Å². The second kappa shape index (κ2) is 13.5. The van der Waals surface area contributed by atoms with Gasteiger partial charge in [-0.1, -0.05) is 79.5 Å². The fraction of sp³-hybridized carbons (Fsp3) is 0.286. The van der Waals surface area contributed by atoms with E-state index in [1.165, 1.54) is 17.0 Å². The highest BCUT2D eigenvalue weighted by molar-refractivity contribution is 6.30. The van der Waals surface area contributed by atoms with E-state index < -0.39 is 24.4 Å². The number of rotatable bonds is 12. The van der Waals surface area contributed by atoms with Crippen LogP contribution in [0.25, 0.3) is 0 Å². The van der Waals surface area contributed by atoms with Crippen LogP contribution in [0.15, 0.2) is 78.9 Å². The summed E-state index contributed by atoms with van der Waals surface area (Å²) in [5.41, 5.74) is 1.69. The van der Waals surface area contributed by atoms with Crippen LogP contribution in [0.4, 0.5) is 4.39 Å². The standard InChI is InChI=1S/C28H30ClFN2O3/c1-2-3-16-31-28(34)25(18-21-10-5-4-6-11-21)32(19-22-12-9-13-23(29)17-22)27(33)20-35-26-15-8-7-14-24(26)30/h4-15,17,25H,2-3,16,18-20H2,1H3,(H,31,34). The minimum atomic E-state index is -0.787. The van der Waals surface area contributed by atoms with Crippen molar-refractivity contribution in [3.05, 3.63) is 101 Å². The molecule has 0 fully saturated rings. The van der Waals surface area contributed by atoms with Gasteiger partial charge >= 0.3 is 0 Å². The first-order chi connectivity index (χ1) is 17.0. The molecular weight excluding hydrogens is 467 g/mol. The van der Waals surface area contributed by atoms with Crippen molar-refractivity contribution in [1.82, 2.24) is 10.2 Å². The van der Waals surface area contributed by atoms with Gasteiger partial charge in [0, 0.05) is 24.5 Å². The zero-order valence-corrected chi connectivity index (χ0v) is 20.5. The van der Waals surface area contributed by atoms with Gasteiger partial charge in [0.05, 0.1) is 0 Å². The molecule has 1 N–H and O–H groups in total. The molecule has 0 aliphatic heterocycles. The summed E-state index contributed by atoms with van der Waals surface area (Å²) in [6.45, 7) is 2.31. The largest absolute Gasteiger partial charge is 0.481 e. The first-order valence-corrected chi connectivity index (χ1v) is 12.1. The maximum Gasteiger partial charge on any atom is 0.261 e. The van der Waals surface area contributed by atoms with Gasteiger partial charge < -0.3 is 15.0 Å². The van der Waals surface area contributed by atoms with E-state index in [9.17, 15) is 14.0 Å². The number of hydrogen-bond acceptors (Lipinski definition) is 3. The number of para-hydroxylation sites is 1. The van der Waals surface area contributed by atoms with Crippen molar-refractivity contribution < 1.29 is 18.7 Å². The molecule has 5 nitrogen and oxygen atoms in total. The summed E-state index contributed by atoms with van der Waals surface area (Å²) >= 11 is 6.17. The molecule has 0 spiro atoms. The second-order valence-electron chi connectivity index (χ2n) is 8.22. The van der Waals surface area contributed by atoms with Crippen LogP contribution in [0.3, 0.4) is 0 Å². The predicted molar refractivity (Wildman–Crippen MR) is 136 cm³/mol. The molecule has 1 atom stereocenters. The van der Waals surface area contributed by atoms with E-state index in [0.29, 0.717) is 18.0 Å². The first kappa shape index (κ1) is 26.2. The van der Waals surface area contributed by atoms with Gasteiger partial charge in [-0.25, -0.2) is 4.39 Å². The van der Waals surface area contributed by atoms with E-state index in [1.807, 2.05) is 43.3 Å². The van der Waals surface area contributed by atoms with E-state index in [2.05, 4.69) is 5.32 Å². The summed E-state index contributed by atoms with van der Waals surface area (Å²) in [4.78, 5) is 28.3. The molecule has 0 aliphatic rings. The van der Waals surface area contributed by atoms with E-state index in [4.69, 9.17) is 16.3 Å². The van der Waals surface area contributed by atoms with Crippen molar-refractivity contribution in [2.24, 2.45) is 0 Å².